The molecule has 0 aliphatic carbocycles. The molecule has 0 saturated carbocycles. The highest BCUT2D eigenvalue weighted by molar-refractivity contribution is 5.86. The van der Waals surface area contributed by atoms with Crippen molar-refractivity contribution in [1.29, 1.82) is 0 Å². The molecule has 3 aromatic rings. The van der Waals surface area contributed by atoms with Crippen LogP contribution in [0.15, 0.2) is 36.5 Å². The van der Waals surface area contributed by atoms with Crippen LogP contribution < -0.4 is 0 Å². The van der Waals surface area contributed by atoms with E-state index in [-0.39, 0.29) is 5.82 Å². The Hall–Kier alpha value is -2.27. The Labute approximate surface area is 144 Å². The first kappa shape index (κ1) is 15.0. The highest BCUT2D eigenvalue weighted by atomic mass is 19.1. The normalized spacial score (nSPS) is 22.2. The number of halogens is 2. The molecule has 128 valence electrons. The second kappa shape index (κ2) is 5.63. The van der Waals surface area contributed by atoms with Gasteiger partial charge in [0.25, 0.3) is 0 Å². The van der Waals surface area contributed by atoms with Gasteiger partial charge in [-0.3, -0.25) is 4.90 Å². The molecular weight excluding hydrogens is 320 g/mol. The lowest BCUT2D eigenvalue weighted by atomic mass is 9.94. The third kappa shape index (κ3) is 2.45. The minimum atomic E-state index is -0.460. The Morgan fingerprint density at radius 1 is 1.08 bits per heavy atom. The highest BCUT2D eigenvalue weighted by Gasteiger charge is 2.32. The number of pyridine rings is 1. The maximum atomic E-state index is 13.9. The first-order chi connectivity index (χ1) is 12.2. The van der Waals surface area contributed by atoms with E-state index in [4.69, 9.17) is 0 Å². The quantitative estimate of drug-likeness (QED) is 0.657. The van der Waals surface area contributed by atoms with Crippen molar-refractivity contribution in [1.82, 2.24) is 14.5 Å². The summed E-state index contributed by atoms with van der Waals surface area (Å²) in [5, 5.41) is 1.00. The fourth-order valence-corrected chi connectivity index (χ4v) is 4.53. The van der Waals surface area contributed by atoms with Crippen LogP contribution in [-0.2, 0) is 13.1 Å². The van der Waals surface area contributed by atoms with Crippen molar-refractivity contribution in [2.24, 2.45) is 0 Å². The van der Waals surface area contributed by atoms with Crippen LogP contribution >= 0.6 is 0 Å². The first-order valence-electron chi connectivity index (χ1n) is 8.82. The van der Waals surface area contributed by atoms with E-state index < -0.39 is 5.95 Å². The molecule has 1 aromatic carbocycles. The molecule has 5 heterocycles. The summed E-state index contributed by atoms with van der Waals surface area (Å²) in [5.41, 5.74) is 4.50. The van der Waals surface area contributed by atoms with Crippen LogP contribution in [0.3, 0.4) is 0 Å². The number of benzene rings is 1. The Kier molecular flexibility index (Phi) is 3.38. The molecule has 1 saturated heterocycles. The Morgan fingerprint density at radius 3 is 2.72 bits per heavy atom. The molecular formula is C20H19F2N3. The molecule has 3 nitrogen and oxygen atoms in total. The fraction of sp³-hybridized carbons (Fsp3) is 0.350. The molecule has 2 aromatic heterocycles. The summed E-state index contributed by atoms with van der Waals surface area (Å²) in [6, 6.07) is 8.37. The van der Waals surface area contributed by atoms with E-state index in [2.05, 4.69) is 14.5 Å². The van der Waals surface area contributed by atoms with Crippen LogP contribution in [0, 0.1) is 11.8 Å². The molecule has 0 N–H and O–H groups in total. The van der Waals surface area contributed by atoms with Gasteiger partial charge in [-0.2, -0.15) is 4.39 Å². The fourth-order valence-electron chi connectivity index (χ4n) is 4.53. The van der Waals surface area contributed by atoms with E-state index in [0.717, 1.165) is 48.9 Å². The zero-order valence-electron chi connectivity index (χ0n) is 13.9. The number of nitrogens with zero attached hydrogens (tertiary/aromatic N) is 3. The van der Waals surface area contributed by atoms with E-state index >= 15 is 0 Å². The lowest BCUT2D eigenvalue weighted by molar-refractivity contribution is 0.219. The number of fused-ring (bicyclic) bond motifs is 3. The predicted octanol–water partition coefficient (Wildman–Crippen LogP) is 4.06. The molecule has 3 aliphatic rings. The van der Waals surface area contributed by atoms with E-state index in [9.17, 15) is 8.78 Å². The maximum Gasteiger partial charge on any atom is 0.213 e. The predicted molar refractivity (Wildman–Crippen MR) is 92.4 cm³/mol. The van der Waals surface area contributed by atoms with Crippen molar-refractivity contribution >= 4 is 10.9 Å². The number of hydrogen-bond acceptors (Lipinski definition) is 2. The van der Waals surface area contributed by atoms with E-state index in [1.807, 2.05) is 12.1 Å². The molecule has 1 fully saturated rings. The van der Waals surface area contributed by atoms with Crippen LogP contribution in [0.5, 0.6) is 0 Å². The Bertz CT molecular complexity index is 955. The molecule has 5 heteroatoms. The monoisotopic (exact) mass is 339 g/mol. The van der Waals surface area contributed by atoms with Gasteiger partial charge in [-0.25, -0.2) is 9.37 Å². The summed E-state index contributed by atoms with van der Waals surface area (Å²) in [6.45, 7) is 3.66. The van der Waals surface area contributed by atoms with Gasteiger partial charge in [-0.15, -0.1) is 0 Å². The van der Waals surface area contributed by atoms with Gasteiger partial charge in [0.2, 0.25) is 5.95 Å². The smallest absolute Gasteiger partial charge is 0.213 e. The van der Waals surface area contributed by atoms with Crippen molar-refractivity contribution in [2.45, 2.75) is 31.8 Å². The lowest BCUT2D eigenvalue weighted by Gasteiger charge is -2.27. The van der Waals surface area contributed by atoms with E-state index in [1.54, 1.807) is 6.07 Å². The van der Waals surface area contributed by atoms with Crippen molar-refractivity contribution in [3.8, 4) is 0 Å². The van der Waals surface area contributed by atoms with Gasteiger partial charge in [-0.05, 0) is 67.4 Å². The second-order valence-corrected chi connectivity index (χ2v) is 7.15. The summed E-state index contributed by atoms with van der Waals surface area (Å²) in [5.74, 6) is -0.164. The topological polar surface area (TPSA) is 21.1 Å². The molecule has 0 amide bonds. The third-order valence-electron chi connectivity index (χ3n) is 5.66. The molecule has 0 radical (unpaired) electrons. The summed E-state index contributed by atoms with van der Waals surface area (Å²) in [4.78, 5) is 6.11. The standard InChI is InChI=1S/C20H19F2N3/c21-15-1-2-18-16(10-15)17-12-24-7-4-14(5-8-24)20(17)25(18)11-13-3-6-23-19(22)9-13/h1-3,6,9-10,14H,4-5,7-8,11-12H2. The van der Waals surface area contributed by atoms with Crippen molar-refractivity contribution in [2.75, 3.05) is 13.1 Å². The van der Waals surface area contributed by atoms with Crippen LogP contribution in [0.2, 0.25) is 0 Å². The molecule has 3 aliphatic heterocycles. The van der Waals surface area contributed by atoms with Crippen LogP contribution in [0.1, 0.15) is 35.6 Å². The van der Waals surface area contributed by atoms with Gasteiger partial charge in [0.15, 0.2) is 0 Å². The molecule has 6 rings (SSSR count). The molecule has 25 heavy (non-hydrogen) atoms. The first-order valence-corrected chi connectivity index (χ1v) is 8.82. The summed E-state index contributed by atoms with van der Waals surface area (Å²) >= 11 is 0. The molecule has 0 spiro atoms. The Balaban J connectivity index is 1.73. The van der Waals surface area contributed by atoms with Crippen LogP contribution in [0.25, 0.3) is 10.9 Å². The third-order valence-corrected chi connectivity index (χ3v) is 5.66. The minimum Gasteiger partial charge on any atom is -0.340 e. The zero-order valence-corrected chi connectivity index (χ0v) is 13.9. The van der Waals surface area contributed by atoms with Crippen LogP contribution in [-0.4, -0.2) is 27.5 Å². The van der Waals surface area contributed by atoms with E-state index in [0.29, 0.717) is 12.5 Å². The largest absolute Gasteiger partial charge is 0.340 e. The average molecular weight is 339 g/mol. The van der Waals surface area contributed by atoms with Crippen LogP contribution in [0.4, 0.5) is 8.78 Å². The van der Waals surface area contributed by atoms with Gasteiger partial charge in [0.1, 0.15) is 5.82 Å². The van der Waals surface area contributed by atoms with Crippen molar-refractivity contribution < 1.29 is 8.78 Å². The van der Waals surface area contributed by atoms with Crippen molar-refractivity contribution in [3.63, 3.8) is 0 Å². The van der Waals surface area contributed by atoms with Crippen molar-refractivity contribution in [3.05, 3.63) is 65.1 Å². The number of piperidine rings is 1. The van der Waals surface area contributed by atoms with Gasteiger partial charge >= 0.3 is 0 Å². The summed E-state index contributed by atoms with van der Waals surface area (Å²) in [7, 11) is 0. The summed E-state index contributed by atoms with van der Waals surface area (Å²) < 4.78 is 29.7. The number of hydrogen-bond donors (Lipinski definition) is 0. The lowest BCUT2D eigenvalue weighted by Crippen LogP contribution is -2.29. The summed E-state index contributed by atoms with van der Waals surface area (Å²) in [6.07, 6.45) is 3.78. The van der Waals surface area contributed by atoms with Gasteiger partial charge in [0, 0.05) is 41.8 Å². The molecule has 0 atom stereocenters. The number of rotatable bonds is 2. The highest BCUT2D eigenvalue weighted by Crippen LogP contribution is 2.41. The van der Waals surface area contributed by atoms with Gasteiger partial charge < -0.3 is 4.57 Å². The minimum absolute atomic E-state index is 0.200. The molecule has 0 unspecified atom stereocenters. The second-order valence-electron chi connectivity index (χ2n) is 7.15. The number of aromatic nitrogens is 2. The van der Waals surface area contributed by atoms with Gasteiger partial charge in [0.05, 0.1) is 0 Å². The maximum absolute atomic E-state index is 13.9. The average Bonchev–Trinajstić information content (AvgIpc) is 2.76. The SMILES string of the molecule is Fc1ccc2c(c1)c1c(n2Cc2ccnc(F)c2)C2CCN(CC2)C1. The zero-order chi connectivity index (χ0) is 17.0. The molecule has 2 bridgehead atoms. The van der Waals surface area contributed by atoms with Gasteiger partial charge in [-0.1, -0.05) is 0 Å². The Morgan fingerprint density at radius 2 is 1.92 bits per heavy atom. The van der Waals surface area contributed by atoms with E-state index in [1.165, 1.54) is 29.6 Å².